The Kier molecular flexibility index (Phi) is 4.69. The first kappa shape index (κ1) is 16.4. The third kappa shape index (κ3) is 3.26. The summed E-state index contributed by atoms with van der Waals surface area (Å²) in [5, 5.41) is 0. The van der Waals surface area contributed by atoms with Gasteiger partial charge in [0.1, 0.15) is 5.82 Å². The number of halogens is 1. The number of ether oxygens (including phenoxy) is 1. The van der Waals surface area contributed by atoms with Crippen LogP contribution in [0.25, 0.3) is 0 Å². The lowest BCUT2D eigenvalue weighted by Crippen LogP contribution is -2.40. The lowest BCUT2D eigenvalue weighted by molar-refractivity contribution is -0.00453. The maximum Gasteiger partial charge on any atom is 0.256 e. The first-order chi connectivity index (χ1) is 11.0. The van der Waals surface area contributed by atoms with Gasteiger partial charge in [-0.2, -0.15) is 0 Å². The summed E-state index contributed by atoms with van der Waals surface area (Å²) in [7, 11) is 4.13. The standard InChI is InChI=1S/C18H25FN2O2/c1-20(2)11-14-12-21(13-18(14)7-9-23-10-8-18)17(22)15-5-3-4-6-16(15)19/h3-6,14H,7-13H2,1-2H3/t14-/m0/s1. The van der Waals surface area contributed by atoms with Gasteiger partial charge in [-0.05, 0) is 50.4 Å². The largest absolute Gasteiger partial charge is 0.381 e. The van der Waals surface area contributed by atoms with E-state index in [9.17, 15) is 9.18 Å². The Morgan fingerprint density at radius 3 is 2.70 bits per heavy atom. The summed E-state index contributed by atoms with van der Waals surface area (Å²) in [5.41, 5.74) is 0.295. The Morgan fingerprint density at radius 2 is 2.04 bits per heavy atom. The van der Waals surface area contributed by atoms with Crippen molar-refractivity contribution in [1.82, 2.24) is 9.80 Å². The third-order valence-electron chi connectivity index (χ3n) is 5.28. The van der Waals surface area contributed by atoms with E-state index >= 15 is 0 Å². The van der Waals surface area contributed by atoms with Crippen molar-refractivity contribution in [1.29, 1.82) is 0 Å². The predicted octanol–water partition coefficient (Wildman–Crippen LogP) is 2.26. The Bertz CT molecular complexity index is 570. The first-order valence-corrected chi connectivity index (χ1v) is 8.28. The van der Waals surface area contributed by atoms with E-state index in [-0.39, 0.29) is 16.9 Å². The highest BCUT2D eigenvalue weighted by atomic mass is 19.1. The zero-order valence-corrected chi connectivity index (χ0v) is 13.9. The summed E-state index contributed by atoms with van der Waals surface area (Å²) in [6.07, 6.45) is 1.96. The number of nitrogens with zero attached hydrogens (tertiary/aromatic N) is 2. The molecule has 126 valence electrons. The van der Waals surface area contributed by atoms with Crippen LogP contribution in [0, 0.1) is 17.2 Å². The van der Waals surface area contributed by atoms with Crippen LogP contribution in [0.5, 0.6) is 0 Å². The number of likely N-dealkylation sites (tertiary alicyclic amines) is 1. The zero-order valence-electron chi connectivity index (χ0n) is 13.9. The van der Waals surface area contributed by atoms with Crippen molar-refractivity contribution in [2.24, 2.45) is 11.3 Å². The topological polar surface area (TPSA) is 32.8 Å². The Morgan fingerprint density at radius 1 is 1.35 bits per heavy atom. The smallest absolute Gasteiger partial charge is 0.256 e. The van der Waals surface area contributed by atoms with Gasteiger partial charge in [0, 0.05) is 32.8 Å². The van der Waals surface area contributed by atoms with Crippen molar-refractivity contribution < 1.29 is 13.9 Å². The molecule has 1 amide bonds. The average Bonchev–Trinajstić information content (AvgIpc) is 2.85. The number of rotatable bonds is 3. The second kappa shape index (κ2) is 6.57. The molecular weight excluding hydrogens is 295 g/mol. The second-order valence-corrected chi connectivity index (χ2v) is 7.10. The molecule has 3 rings (SSSR count). The molecule has 2 saturated heterocycles. The number of carbonyl (C=O) groups excluding carboxylic acids is 1. The van der Waals surface area contributed by atoms with Gasteiger partial charge in [0.25, 0.3) is 5.91 Å². The minimum absolute atomic E-state index is 0.115. The zero-order chi connectivity index (χ0) is 16.4. The van der Waals surface area contributed by atoms with Crippen LogP contribution in [0.4, 0.5) is 4.39 Å². The monoisotopic (exact) mass is 320 g/mol. The maximum atomic E-state index is 14.0. The van der Waals surface area contributed by atoms with E-state index in [1.54, 1.807) is 18.2 Å². The van der Waals surface area contributed by atoms with Crippen LogP contribution in [0.2, 0.25) is 0 Å². The highest BCUT2D eigenvalue weighted by Gasteiger charge is 2.48. The summed E-state index contributed by atoms with van der Waals surface area (Å²) >= 11 is 0. The molecule has 0 aliphatic carbocycles. The number of benzene rings is 1. The summed E-state index contributed by atoms with van der Waals surface area (Å²) in [6.45, 7) is 3.87. The second-order valence-electron chi connectivity index (χ2n) is 7.10. The van der Waals surface area contributed by atoms with Crippen LogP contribution >= 0.6 is 0 Å². The highest BCUT2D eigenvalue weighted by Crippen LogP contribution is 2.44. The summed E-state index contributed by atoms with van der Waals surface area (Å²) in [6, 6.07) is 6.26. The molecule has 0 unspecified atom stereocenters. The molecule has 0 aromatic heterocycles. The molecule has 0 N–H and O–H groups in total. The van der Waals surface area contributed by atoms with E-state index in [1.807, 2.05) is 4.90 Å². The van der Waals surface area contributed by atoms with E-state index in [0.717, 1.165) is 32.6 Å². The van der Waals surface area contributed by atoms with Gasteiger partial charge in [-0.1, -0.05) is 12.1 Å². The number of carbonyl (C=O) groups is 1. The van der Waals surface area contributed by atoms with Crippen LogP contribution in [0.15, 0.2) is 24.3 Å². The molecule has 2 aliphatic rings. The molecule has 23 heavy (non-hydrogen) atoms. The number of hydrogen-bond acceptors (Lipinski definition) is 3. The fourth-order valence-corrected chi connectivity index (χ4v) is 4.03. The fraction of sp³-hybridized carbons (Fsp3) is 0.611. The van der Waals surface area contributed by atoms with E-state index in [4.69, 9.17) is 4.74 Å². The molecule has 1 atom stereocenters. The van der Waals surface area contributed by atoms with Crippen LogP contribution in [0.3, 0.4) is 0 Å². The normalized spacial score (nSPS) is 23.7. The minimum Gasteiger partial charge on any atom is -0.381 e. The molecule has 2 fully saturated rings. The summed E-state index contributed by atoms with van der Waals surface area (Å²) in [5.74, 6) is -0.207. The quantitative estimate of drug-likeness (QED) is 0.856. The van der Waals surface area contributed by atoms with Crippen molar-refractivity contribution in [3.8, 4) is 0 Å². The molecule has 5 heteroatoms. The lowest BCUT2D eigenvalue weighted by atomic mass is 9.72. The molecule has 0 bridgehead atoms. The van der Waals surface area contributed by atoms with Gasteiger partial charge in [0.2, 0.25) is 0 Å². The van der Waals surface area contributed by atoms with Crippen molar-refractivity contribution in [2.45, 2.75) is 12.8 Å². The Hall–Kier alpha value is -1.46. The van der Waals surface area contributed by atoms with Crippen molar-refractivity contribution in [3.05, 3.63) is 35.6 Å². The third-order valence-corrected chi connectivity index (χ3v) is 5.28. The maximum absolute atomic E-state index is 14.0. The van der Waals surface area contributed by atoms with Gasteiger partial charge < -0.3 is 14.5 Å². The Balaban J connectivity index is 1.82. The number of hydrogen-bond donors (Lipinski definition) is 0. The molecule has 2 aliphatic heterocycles. The van der Waals surface area contributed by atoms with Gasteiger partial charge in [-0.3, -0.25) is 4.79 Å². The van der Waals surface area contributed by atoms with E-state index in [1.165, 1.54) is 6.07 Å². The van der Waals surface area contributed by atoms with E-state index in [0.29, 0.717) is 19.0 Å². The van der Waals surface area contributed by atoms with Gasteiger partial charge in [0.05, 0.1) is 5.56 Å². The number of amides is 1. The van der Waals surface area contributed by atoms with Gasteiger partial charge in [0.15, 0.2) is 0 Å². The average molecular weight is 320 g/mol. The van der Waals surface area contributed by atoms with Gasteiger partial charge in [-0.25, -0.2) is 4.39 Å². The van der Waals surface area contributed by atoms with Gasteiger partial charge in [-0.15, -0.1) is 0 Å². The minimum atomic E-state index is -0.436. The van der Waals surface area contributed by atoms with Crippen LogP contribution < -0.4 is 0 Å². The van der Waals surface area contributed by atoms with Crippen LogP contribution in [-0.2, 0) is 4.74 Å². The van der Waals surface area contributed by atoms with Crippen molar-refractivity contribution in [2.75, 3.05) is 46.9 Å². The molecule has 1 aromatic rings. The molecule has 0 radical (unpaired) electrons. The van der Waals surface area contributed by atoms with Crippen molar-refractivity contribution in [3.63, 3.8) is 0 Å². The predicted molar refractivity (Wildman–Crippen MR) is 86.8 cm³/mol. The SMILES string of the molecule is CN(C)C[C@H]1CN(C(=O)c2ccccc2F)CC12CCOCC2. The molecule has 4 nitrogen and oxygen atoms in total. The lowest BCUT2D eigenvalue weighted by Gasteiger charge is -2.38. The molecule has 1 aromatic carbocycles. The van der Waals surface area contributed by atoms with Crippen LogP contribution in [0.1, 0.15) is 23.2 Å². The van der Waals surface area contributed by atoms with Gasteiger partial charge >= 0.3 is 0 Å². The molecule has 1 spiro atoms. The molecule has 2 heterocycles. The summed E-state index contributed by atoms with van der Waals surface area (Å²) < 4.78 is 19.5. The van der Waals surface area contributed by atoms with E-state index in [2.05, 4.69) is 19.0 Å². The fourth-order valence-electron chi connectivity index (χ4n) is 4.03. The van der Waals surface area contributed by atoms with Crippen LogP contribution in [-0.4, -0.2) is 62.7 Å². The summed E-state index contributed by atoms with van der Waals surface area (Å²) in [4.78, 5) is 16.8. The molecular formula is C18H25FN2O2. The van der Waals surface area contributed by atoms with Crippen molar-refractivity contribution >= 4 is 5.91 Å². The van der Waals surface area contributed by atoms with E-state index < -0.39 is 5.82 Å². The first-order valence-electron chi connectivity index (χ1n) is 8.28. The molecule has 0 saturated carbocycles. The highest BCUT2D eigenvalue weighted by molar-refractivity contribution is 5.94. The Labute approximate surface area is 137 Å².